The number of amides is 1. The maximum absolute atomic E-state index is 12.4. The zero-order valence-electron chi connectivity index (χ0n) is 25.7. The molecule has 5 rings (SSSR count). The van der Waals surface area contributed by atoms with Crippen molar-refractivity contribution in [3.05, 3.63) is 42.2 Å². The number of hydrogen-bond donors (Lipinski definition) is 2. The number of benzene rings is 1. The molecule has 1 saturated carbocycles. The van der Waals surface area contributed by atoms with Gasteiger partial charge in [-0.15, -0.1) is 0 Å². The molecule has 228 valence electrons. The van der Waals surface area contributed by atoms with Crippen LogP contribution < -0.4 is 5.32 Å². The predicted molar refractivity (Wildman–Crippen MR) is 165 cm³/mol. The van der Waals surface area contributed by atoms with Gasteiger partial charge in [-0.25, -0.2) is 9.78 Å². The highest BCUT2D eigenvalue weighted by atomic mass is 16.6. The Balaban J connectivity index is 1.31. The number of carbonyl (C=O) groups is 1. The van der Waals surface area contributed by atoms with Crippen molar-refractivity contribution in [2.75, 3.05) is 45.2 Å². The SMILES string of the molecule is COC[C@H](C)Nc1ncc2c(-c3ccc(CN4CCN(C(=O)OC(C)(C)C)CC4)cc3)cn(C3CCC(O)CC3)c2n1. The Morgan fingerprint density at radius 1 is 1.10 bits per heavy atom. The largest absolute Gasteiger partial charge is 0.444 e. The molecule has 3 heterocycles. The summed E-state index contributed by atoms with van der Waals surface area (Å²) in [7, 11) is 1.69. The molecule has 1 aliphatic carbocycles. The average Bonchev–Trinajstić information content (AvgIpc) is 3.32. The lowest BCUT2D eigenvalue weighted by Gasteiger charge is -2.35. The van der Waals surface area contributed by atoms with Gasteiger partial charge in [0.05, 0.1) is 12.7 Å². The van der Waals surface area contributed by atoms with Crippen LogP contribution in [0.5, 0.6) is 0 Å². The van der Waals surface area contributed by atoms with Crippen molar-refractivity contribution in [2.24, 2.45) is 0 Å². The first-order valence-corrected chi connectivity index (χ1v) is 15.2. The van der Waals surface area contributed by atoms with Crippen LogP contribution in [0.1, 0.15) is 65.0 Å². The Morgan fingerprint density at radius 2 is 1.79 bits per heavy atom. The van der Waals surface area contributed by atoms with Crippen LogP contribution in [0.15, 0.2) is 36.7 Å². The van der Waals surface area contributed by atoms with E-state index in [4.69, 9.17) is 14.5 Å². The van der Waals surface area contributed by atoms with Crippen molar-refractivity contribution >= 4 is 23.1 Å². The van der Waals surface area contributed by atoms with Crippen molar-refractivity contribution in [1.82, 2.24) is 24.3 Å². The van der Waals surface area contributed by atoms with E-state index >= 15 is 0 Å². The quantitative estimate of drug-likeness (QED) is 0.382. The number of anilines is 1. The summed E-state index contributed by atoms with van der Waals surface area (Å²) in [6.45, 7) is 12.1. The second-order valence-corrected chi connectivity index (χ2v) is 12.8. The summed E-state index contributed by atoms with van der Waals surface area (Å²) in [6, 6.07) is 9.14. The van der Waals surface area contributed by atoms with Crippen LogP contribution in [0, 0.1) is 0 Å². The van der Waals surface area contributed by atoms with E-state index in [1.54, 1.807) is 12.0 Å². The number of piperazine rings is 1. The van der Waals surface area contributed by atoms with Gasteiger partial charge in [0.25, 0.3) is 0 Å². The van der Waals surface area contributed by atoms with Gasteiger partial charge >= 0.3 is 6.09 Å². The van der Waals surface area contributed by atoms with E-state index < -0.39 is 5.60 Å². The summed E-state index contributed by atoms with van der Waals surface area (Å²) in [5.41, 5.74) is 3.93. The maximum atomic E-state index is 12.4. The van der Waals surface area contributed by atoms with E-state index in [1.807, 2.05) is 33.9 Å². The number of hydrogen-bond acceptors (Lipinski definition) is 8. The normalized spacial score (nSPS) is 21.0. The summed E-state index contributed by atoms with van der Waals surface area (Å²) in [4.78, 5) is 26.2. The minimum atomic E-state index is -0.477. The Hall–Kier alpha value is -3.21. The second kappa shape index (κ2) is 13.0. The van der Waals surface area contributed by atoms with Crippen LogP contribution in [0.4, 0.5) is 10.7 Å². The number of carbonyl (C=O) groups excluding carboxylic acids is 1. The zero-order chi connectivity index (χ0) is 29.9. The van der Waals surface area contributed by atoms with E-state index in [0.717, 1.165) is 67.5 Å². The number of rotatable bonds is 8. The molecule has 0 radical (unpaired) electrons. The van der Waals surface area contributed by atoms with Crippen molar-refractivity contribution < 1.29 is 19.4 Å². The highest BCUT2D eigenvalue weighted by Crippen LogP contribution is 2.37. The lowest BCUT2D eigenvalue weighted by atomic mass is 9.93. The molecule has 42 heavy (non-hydrogen) atoms. The Morgan fingerprint density at radius 3 is 2.43 bits per heavy atom. The molecule has 0 unspecified atom stereocenters. The minimum absolute atomic E-state index is 0.0907. The Kier molecular flexibility index (Phi) is 9.35. The first-order valence-electron chi connectivity index (χ1n) is 15.2. The molecule has 0 spiro atoms. The third-order valence-electron chi connectivity index (χ3n) is 8.12. The number of methoxy groups -OCH3 is 1. The fraction of sp³-hybridized carbons (Fsp3) is 0.594. The van der Waals surface area contributed by atoms with E-state index in [1.165, 1.54) is 5.56 Å². The number of aliphatic hydroxyl groups is 1. The molecule has 2 aromatic heterocycles. The smallest absolute Gasteiger partial charge is 0.410 e. The van der Waals surface area contributed by atoms with Crippen LogP contribution in [0.25, 0.3) is 22.2 Å². The molecule has 2 N–H and O–H groups in total. The fourth-order valence-corrected chi connectivity index (χ4v) is 5.92. The molecule has 1 aliphatic heterocycles. The van der Waals surface area contributed by atoms with Gasteiger partial charge in [-0.1, -0.05) is 24.3 Å². The predicted octanol–water partition coefficient (Wildman–Crippen LogP) is 5.07. The first-order chi connectivity index (χ1) is 20.1. The monoisotopic (exact) mass is 578 g/mol. The second-order valence-electron chi connectivity index (χ2n) is 12.8. The zero-order valence-corrected chi connectivity index (χ0v) is 25.7. The van der Waals surface area contributed by atoms with E-state index in [2.05, 4.69) is 50.2 Å². The lowest BCUT2D eigenvalue weighted by molar-refractivity contribution is 0.0139. The number of nitrogens with zero attached hydrogens (tertiary/aromatic N) is 5. The lowest BCUT2D eigenvalue weighted by Crippen LogP contribution is -2.49. The van der Waals surface area contributed by atoms with Crippen molar-refractivity contribution in [2.45, 2.75) is 83.7 Å². The summed E-state index contributed by atoms with van der Waals surface area (Å²) >= 11 is 0. The van der Waals surface area contributed by atoms with Gasteiger partial charge in [0, 0.05) is 75.3 Å². The molecule has 2 aliphatic rings. The molecule has 1 saturated heterocycles. The highest BCUT2D eigenvalue weighted by Gasteiger charge is 2.27. The molecule has 2 fully saturated rings. The Bertz CT molecular complexity index is 1340. The van der Waals surface area contributed by atoms with Crippen LogP contribution >= 0.6 is 0 Å². The molecule has 10 nitrogen and oxygen atoms in total. The van der Waals surface area contributed by atoms with Crippen LogP contribution in [-0.2, 0) is 16.0 Å². The first kappa shape index (κ1) is 30.3. The van der Waals surface area contributed by atoms with Gasteiger partial charge in [0.15, 0.2) is 0 Å². The number of nitrogens with one attached hydrogen (secondary N) is 1. The van der Waals surface area contributed by atoms with Gasteiger partial charge in [-0.05, 0) is 64.5 Å². The molecule has 0 bridgehead atoms. The topological polar surface area (TPSA) is 105 Å². The van der Waals surface area contributed by atoms with E-state index in [-0.39, 0.29) is 18.2 Å². The van der Waals surface area contributed by atoms with Crippen LogP contribution in [0.2, 0.25) is 0 Å². The molecule has 1 atom stereocenters. The maximum Gasteiger partial charge on any atom is 0.410 e. The van der Waals surface area contributed by atoms with Gasteiger partial charge < -0.3 is 29.4 Å². The Labute approximate surface area is 249 Å². The highest BCUT2D eigenvalue weighted by molar-refractivity contribution is 5.94. The van der Waals surface area contributed by atoms with Crippen LogP contribution in [0.3, 0.4) is 0 Å². The molecular formula is C32H46N6O4. The number of aliphatic hydroxyl groups excluding tert-OH is 1. The molecule has 1 aromatic carbocycles. The van der Waals surface area contributed by atoms with Crippen molar-refractivity contribution in [3.8, 4) is 11.1 Å². The third kappa shape index (κ3) is 7.40. The van der Waals surface area contributed by atoms with Gasteiger partial charge in [0.2, 0.25) is 5.95 Å². The van der Waals surface area contributed by atoms with Crippen molar-refractivity contribution in [1.29, 1.82) is 0 Å². The standard InChI is InChI=1S/C32H46N6O4/c1-22(21-41-5)34-30-33-18-27-28(20-38(29(27)35-30)25-10-12-26(39)13-11-25)24-8-6-23(7-9-24)19-36-14-16-37(17-15-36)31(40)42-32(2,3)4/h6-9,18,20,22,25-26,39H,10-17,19,21H2,1-5H3,(H,33,34,35)/t22-,25?,26?/m0/s1. The number of fused-ring (bicyclic) bond motifs is 1. The molecule has 3 aromatic rings. The average molecular weight is 579 g/mol. The third-order valence-corrected chi connectivity index (χ3v) is 8.12. The fourth-order valence-electron chi connectivity index (χ4n) is 5.92. The number of ether oxygens (including phenoxy) is 2. The van der Waals surface area contributed by atoms with Gasteiger partial charge in [0.1, 0.15) is 11.2 Å². The summed E-state index contributed by atoms with van der Waals surface area (Å²) < 4.78 is 13.1. The van der Waals surface area contributed by atoms with E-state index in [9.17, 15) is 9.90 Å². The van der Waals surface area contributed by atoms with Crippen molar-refractivity contribution in [3.63, 3.8) is 0 Å². The van der Waals surface area contributed by atoms with E-state index in [0.29, 0.717) is 31.7 Å². The minimum Gasteiger partial charge on any atom is -0.444 e. The number of aromatic nitrogens is 3. The summed E-state index contributed by atoms with van der Waals surface area (Å²) in [5, 5.41) is 14.5. The summed E-state index contributed by atoms with van der Waals surface area (Å²) in [5.74, 6) is 0.593. The van der Waals surface area contributed by atoms with Gasteiger partial charge in [-0.3, -0.25) is 4.90 Å². The van der Waals surface area contributed by atoms with Crippen LogP contribution in [-0.4, -0.2) is 93.2 Å². The molecule has 1 amide bonds. The molecule has 10 heteroatoms. The van der Waals surface area contributed by atoms with Gasteiger partial charge in [-0.2, -0.15) is 4.98 Å². The summed E-state index contributed by atoms with van der Waals surface area (Å²) in [6.07, 6.45) is 7.17. The molecular weight excluding hydrogens is 532 g/mol.